The Morgan fingerprint density at radius 3 is 1.85 bits per heavy atom. The van der Waals surface area contributed by atoms with Crippen LogP contribution in [-0.4, -0.2) is 44.8 Å². The molecule has 1 N–H and O–H groups in total. The third-order valence-electron chi connectivity index (χ3n) is 6.51. The summed E-state index contributed by atoms with van der Waals surface area (Å²) in [6.07, 6.45) is 0.231. The van der Waals surface area contributed by atoms with Crippen molar-refractivity contribution in [3.8, 4) is 0 Å². The minimum Gasteiger partial charge on any atom is -0.357 e. The first-order valence-corrected chi connectivity index (χ1v) is 15.0. The molecule has 0 bridgehead atoms. The number of sulfonamides is 1. The van der Waals surface area contributed by atoms with E-state index in [0.717, 1.165) is 15.4 Å². The fourth-order valence-corrected chi connectivity index (χ4v) is 6.03. The molecule has 1 atom stereocenters. The van der Waals surface area contributed by atoms with Crippen molar-refractivity contribution in [1.82, 2.24) is 10.2 Å². The number of para-hydroxylation sites is 1. The molecule has 10 heteroatoms. The van der Waals surface area contributed by atoms with E-state index in [0.29, 0.717) is 15.7 Å². The van der Waals surface area contributed by atoms with Gasteiger partial charge in [0.05, 0.1) is 10.6 Å². The van der Waals surface area contributed by atoms with Crippen LogP contribution in [0.2, 0.25) is 10.0 Å². The van der Waals surface area contributed by atoms with Crippen LogP contribution < -0.4 is 9.62 Å². The van der Waals surface area contributed by atoms with Gasteiger partial charge < -0.3 is 10.2 Å². The average Bonchev–Trinajstić information content (AvgIpc) is 2.99. The Hall–Kier alpha value is -3.85. The third-order valence-corrected chi connectivity index (χ3v) is 8.80. The summed E-state index contributed by atoms with van der Waals surface area (Å²) in [5.41, 5.74) is 1.89. The van der Waals surface area contributed by atoms with E-state index in [-0.39, 0.29) is 23.8 Å². The predicted octanol–water partition coefficient (Wildman–Crippen LogP) is 5.57. The van der Waals surface area contributed by atoms with E-state index < -0.39 is 28.5 Å². The number of carbonyl (C=O) groups excluding carboxylic acids is 2. The lowest BCUT2D eigenvalue weighted by atomic mass is 10.0. The first-order chi connectivity index (χ1) is 19.7. The smallest absolute Gasteiger partial charge is 0.264 e. The first-order valence-electron chi connectivity index (χ1n) is 12.8. The molecule has 0 aliphatic heterocycles. The Bertz CT molecular complexity index is 1570. The van der Waals surface area contributed by atoms with Gasteiger partial charge in [0.15, 0.2) is 0 Å². The summed E-state index contributed by atoms with van der Waals surface area (Å²) in [5, 5.41) is 3.58. The quantitative estimate of drug-likeness (QED) is 0.241. The van der Waals surface area contributed by atoms with Crippen molar-refractivity contribution in [3.05, 3.63) is 130 Å². The number of hydrogen-bond donors (Lipinski definition) is 1. The standard InChI is InChI=1S/C31H29Cl2N3O4S/c1-34-31(38)29(20-23-8-4-2-5-9-23)35(21-24-12-14-25(32)15-13-24)30(37)22-36(27-10-6-3-7-11-27)41(39,40)28-18-16-26(33)17-19-28/h2-19,29H,20-22H2,1H3,(H,34,38)/t29-/m0/s1. The summed E-state index contributed by atoms with van der Waals surface area (Å²) < 4.78 is 28.8. The fourth-order valence-electron chi connectivity index (χ4n) is 4.36. The van der Waals surface area contributed by atoms with Crippen molar-refractivity contribution in [1.29, 1.82) is 0 Å². The van der Waals surface area contributed by atoms with Crippen molar-refractivity contribution in [3.63, 3.8) is 0 Å². The number of anilines is 1. The van der Waals surface area contributed by atoms with Crippen molar-refractivity contribution in [2.45, 2.75) is 23.9 Å². The van der Waals surface area contributed by atoms with Crippen LogP contribution in [0.1, 0.15) is 11.1 Å². The van der Waals surface area contributed by atoms with E-state index in [4.69, 9.17) is 23.2 Å². The fraction of sp³-hybridized carbons (Fsp3) is 0.161. The van der Waals surface area contributed by atoms with Gasteiger partial charge in [-0.3, -0.25) is 13.9 Å². The number of halogens is 2. The van der Waals surface area contributed by atoms with Crippen LogP contribution in [0.25, 0.3) is 0 Å². The number of nitrogens with zero attached hydrogens (tertiary/aromatic N) is 2. The van der Waals surface area contributed by atoms with E-state index in [2.05, 4.69) is 5.32 Å². The van der Waals surface area contributed by atoms with Gasteiger partial charge in [0, 0.05) is 30.1 Å². The van der Waals surface area contributed by atoms with E-state index >= 15 is 0 Å². The molecule has 0 radical (unpaired) electrons. The number of amides is 2. The molecule has 212 valence electrons. The zero-order chi connectivity index (χ0) is 29.4. The van der Waals surface area contributed by atoms with Crippen molar-refractivity contribution < 1.29 is 18.0 Å². The number of benzene rings is 4. The maximum Gasteiger partial charge on any atom is 0.264 e. The molecule has 41 heavy (non-hydrogen) atoms. The summed E-state index contributed by atoms with van der Waals surface area (Å²) in [5.74, 6) is -0.922. The monoisotopic (exact) mass is 609 g/mol. The Balaban J connectivity index is 1.76. The molecule has 4 rings (SSSR count). The third kappa shape index (κ3) is 7.67. The van der Waals surface area contributed by atoms with Crippen LogP contribution in [0.5, 0.6) is 0 Å². The maximum absolute atomic E-state index is 14.2. The largest absolute Gasteiger partial charge is 0.357 e. The molecule has 0 aliphatic rings. The Kier molecular flexibility index (Phi) is 10.0. The molecule has 0 spiro atoms. The van der Waals surface area contributed by atoms with E-state index in [1.54, 1.807) is 54.6 Å². The highest BCUT2D eigenvalue weighted by atomic mass is 35.5. The van der Waals surface area contributed by atoms with Crippen molar-refractivity contribution >= 4 is 50.7 Å². The second kappa shape index (κ2) is 13.7. The number of rotatable bonds is 11. The minimum absolute atomic E-state index is 0.0186. The van der Waals surface area contributed by atoms with Crippen LogP contribution in [0.3, 0.4) is 0 Å². The highest BCUT2D eigenvalue weighted by Crippen LogP contribution is 2.26. The highest BCUT2D eigenvalue weighted by Gasteiger charge is 2.34. The average molecular weight is 611 g/mol. The van der Waals surface area contributed by atoms with E-state index in [1.807, 2.05) is 30.3 Å². The second-order valence-corrected chi connectivity index (χ2v) is 12.0. The van der Waals surface area contributed by atoms with Gasteiger partial charge in [0.1, 0.15) is 12.6 Å². The van der Waals surface area contributed by atoms with Gasteiger partial charge in [-0.1, -0.05) is 83.9 Å². The molecule has 4 aromatic rings. The van der Waals surface area contributed by atoms with Gasteiger partial charge >= 0.3 is 0 Å². The number of nitrogens with one attached hydrogen (secondary N) is 1. The molecule has 4 aromatic carbocycles. The van der Waals surface area contributed by atoms with Gasteiger partial charge in [0.25, 0.3) is 10.0 Å². The number of carbonyl (C=O) groups is 2. The molecule has 0 saturated heterocycles. The summed E-state index contributed by atoms with van der Waals surface area (Å²) >= 11 is 12.1. The van der Waals surface area contributed by atoms with Crippen LogP contribution in [-0.2, 0) is 32.6 Å². The number of hydrogen-bond acceptors (Lipinski definition) is 4. The second-order valence-electron chi connectivity index (χ2n) is 9.27. The molecule has 0 fully saturated rings. The van der Waals surface area contributed by atoms with Gasteiger partial charge in [-0.25, -0.2) is 8.42 Å². The van der Waals surface area contributed by atoms with Crippen molar-refractivity contribution in [2.75, 3.05) is 17.9 Å². The van der Waals surface area contributed by atoms with E-state index in [9.17, 15) is 18.0 Å². The lowest BCUT2D eigenvalue weighted by molar-refractivity contribution is -0.139. The SMILES string of the molecule is CNC(=O)[C@H](Cc1ccccc1)N(Cc1ccc(Cl)cc1)C(=O)CN(c1ccccc1)S(=O)(=O)c1ccc(Cl)cc1. The Morgan fingerprint density at radius 1 is 0.756 bits per heavy atom. The Labute approximate surface area is 250 Å². The molecule has 2 amide bonds. The normalized spacial score (nSPS) is 11.9. The first kappa shape index (κ1) is 30.1. The molecule has 0 heterocycles. The predicted molar refractivity (Wildman–Crippen MR) is 162 cm³/mol. The lowest BCUT2D eigenvalue weighted by Crippen LogP contribution is -2.53. The van der Waals surface area contributed by atoms with Crippen molar-refractivity contribution in [2.24, 2.45) is 0 Å². The molecule has 7 nitrogen and oxygen atoms in total. The topological polar surface area (TPSA) is 86.8 Å². The van der Waals surface area contributed by atoms with Crippen LogP contribution in [0.4, 0.5) is 5.69 Å². The zero-order valence-electron chi connectivity index (χ0n) is 22.3. The van der Waals surface area contributed by atoms with Gasteiger partial charge in [0.2, 0.25) is 11.8 Å². The molecule has 0 aliphatic carbocycles. The van der Waals surface area contributed by atoms with Crippen LogP contribution in [0, 0.1) is 0 Å². The van der Waals surface area contributed by atoms with Gasteiger partial charge in [-0.15, -0.1) is 0 Å². The summed E-state index contributed by atoms with van der Waals surface area (Å²) in [7, 11) is -2.67. The van der Waals surface area contributed by atoms with Gasteiger partial charge in [-0.2, -0.15) is 0 Å². The van der Waals surface area contributed by atoms with E-state index in [1.165, 1.54) is 36.2 Å². The molecule has 0 unspecified atom stereocenters. The van der Waals surface area contributed by atoms with Crippen LogP contribution >= 0.6 is 23.2 Å². The van der Waals surface area contributed by atoms with Gasteiger partial charge in [-0.05, 0) is 59.7 Å². The highest BCUT2D eigenvalue weighted by molar-refractivity contribution is 7.92. The zero-order valence-corrected chi connectivity index (χ0v) is 24.6. The summed E-state index contributed by atoms with van der Waals surface area (Å²) in [6, 6.07) is 29.5. The minimum atomic E-state index is -4.18. The maximum atomic E-state index is 14.2. The summed E-state index contributed by atoms with van der Waals surface area (Å²) in [6.45, 7) is -0.477. The van der Waals surface area contributed by atoms with Crippen LogP contribution in [0.15, 0.2) is 114 Å². The lowest BCUT2D eigenvalue weighted by Gasteiger charge is -2.33. The molecular weight excluding hydrogens is 581 g/mol. The molecule has 0 aromatic heterocycles. The molecular formula is C31H29Cl2N3O4S. The number of likely N-dealkylation sites (N-methyl/N-ethyl adjacent to an activating group) is 1. The summed E-state index contributed by atoms with van der Waals surface area (Å²) in [4.78, 5) is 28.8. The Morgan fingerprint density at radius 2 is 1.29 bits per heavy atom. The molecule has 0 saturated carbocycles.